The summed E-state index contributed by atoms with van der Waals surface area (Å²) in [5.41, 5.74) is 0.652. The van der Waals surface area contributed by atoms with Gasteiger partial charge in [-0.2, -0.15) is 4.31 Å². The molecule has 2 rings (SSSR count). The molecule has 0 amide bonds. The van der Waals surface area contributed by atoms with Crippen LogP contribution in [0.2, 0.25) is 0 Å². The molecule has 5 nitrogen and oxygen atoms in total. The van der Waals surface area contributed by atoms with E-state index >= 15 is 0 Å². The summed E-state index contributed by atoms with van der Waals surface area (Å²) in [6, 6.07) is 5.08. The van der Waals surface area contributed by atoms with E-state index in [1.807, 2.05) is 0 Å². The Morgan fingerprint density at radius 1 is 1.25 bits per heavy atom. The molecule has 1 unspecified atom stereocenters. The summed E-state index contributed by atoms with van der Waals surface area (Å²) in [4.78, 5) is 0. The van der Waals surface area contributed by atoms with Crippen LogP contribution in [-0.2, 0) is 19.9 Å². The molecule has 0 spiro atoms. The molecule has 1 aliphatic rings. The van der Waals surface area contributed by atoms with Crippen molar-refractivity contribution in [3.63, 3.8) is 0 Å². The molecular weight excluding hydrogens is 305 g/mol. The zero-order valence-electron chi connectivity index (χ0n) is 11.2. The van der Waals surface area contributed by atoms with E-state index in [0.717, 1.165) is 4.31 Å². The third-order valence-electron chi connectivity index (χ3n) is 3.60. The number of nitrogens with zero attached hydrogens (tertiary/aromatic N) is 1. The van der Waals surface area contributed by atoms with Gasteiger partial charge in [-0.25, -0.2) is 21.2 Å². The second-order valence-electron chi connectivity index (χ2n) is 4.99. The van der Waals surface area contributed by atoms with Crippen LogP contribution >= 0.6 is 0 Å². The average molecular weight is 321 g/mol. The molecule has 1 heterocycles. The second-order valence-corrected chi connectivity index (χ2v) is 9.41. The van der Waals surface area contributed by atoms with Crippen molar-refractivity contribution in [2.24, 2.45) is 0 Å². The molecule has 8 heteroatoms. The fraction of sp³-hybridized carbons (Fsp3) is 0.500. The number of sulfone groups is 1. The number of rotatable bonds is 4. The van der Waals surface area contributed by atoms with Gasteiger partial charge in [0.25, 0.3) is 0 Å². The zero-order valence-corrected chi connectivity index (χ0v) is 12.8. The highest BCUT2D eigenvalue weighted by atomic mass is 32.2. The lowest BCUT2D eigenvalue weighted by Crippen LogP contribution is -2.51. The first-order valence-electron chi connectivity index (χ1n) is 6.06. The highest BCUT2D eigenvalue weighted by molar-refractivity contribution is 7.98. The molecule has 1 atom stereocenters. The van der Waals surface area contributed by atoms with Crippen LogP contribution in [0.3, 0.4) is 0 Å². The Hall–Kier alpha value is -0.990. The van der Waals surface area contributed by atoms with E-state index in [1.165, 1.54) is 31.3 Å². The molecule has 112 valence electrons. The Morgan fingerprint density at radius 3 is 2.20 bits per heavy atom. The Bertz CT molecular complexity index is 685. The van der Waals surface area contributed by atoms with E-state index in [2.05, 4.69) is 0 Å². The van der Waals surface area contributed by atoms with Crippen molar-refractivity contribution in [2.45, 2.75) is 18.2 Å². The maximum absolute atomic E-state index is 12.9. The topological polar surface area (TPSA) is 71.5 Å². The van der Waals surface area contributed by atoms with Crippen molar-refractivity contribution in [3.05, 3.63) is 35.6 Å². The first-order valence-corrected chi connectivity index (χ1v) is 9.39. The lowest BCUT2D eigenvalue weighted by Gasteiger charge is -2.33. The molecular formula is C12H16FNO4S2. The summed E-state index contributed by atoms with van der Waals surface area (Å²) in [5.74, 6) is -1.04. The van der Waals surface area contributed by atoms with Crippen molar-refractivity contribution in [1.29, 1.82) is 0 Å². The van der Waals surface area contributed by atoms with Gasteiger partial charge >= 0.3 is 0 Å². The van der Waals surface area contributed by atoms with Gasteiger partial charge in [0.05, 0.1) is 11.5 Å². The van der Waals surface area contributed by atoms with Crippen molar-refractivity contribution in [3.8, 4) is 0 Å². The summed E-state index contributed by atoms with van der Waals surface area (Å²) < 4.78 is 60.8. The highest BCUT2D eigenvalue weighted by Crippen LogP contribution is 2.28. The van der Waals surface area contributed by atoms with Gasteiger partial charge in [0, 0.05) is 13.1 Å². The molecule has 1 saturated heterocycles. The molecule has 0 saturated carbocycles. The Kier molecular flexibility index (Phi) is 3.92. The summed E-state index contributed by atoms with van der Waals surface area (Å²) >= 11 is 0. The molecule has 1 aromatic carbocycles. The monoisotopic (exact) mass is 321 g/mol. The molecule has 20 heavy (non-hydrogen) atoms. The van der Waals surface area contributed by atoms with Gasteiger partial charge in [0.15, 0.2) is 9.84 Å². The molecule has 0 aromatic heterocycles. The van der Waals surface area contributed by atoms with E-state index in [4.69, 9.17) is 0 Å². The number of hydrogen-bond acceptors (Lipinski definition) is 4. The van der Waals surface area contributed by atoms with Gasteiger partial charge in [0.2, 0.25) is 10.0 Å². The standard InChI is InChI=1S/C12H16FNO4S2/c1-9(10-3-5-11(13)6-4-10)14(2)20(17,18)12-7-19(15,16)8-12/h3-6,9,12H,7-8H2,1-2H3. The second kappa shape index (κ2) is 5.09. The van der Waals surface area contributed by atoms with Crippen LogP contribution in [0.15, 0.2) is 24.3 Å². The van der Waals surface area contributed by atoms with Crippen LogP contribution in [0.1, 0.15) is 18.5 Å². The highest BCUT2D eigenvalue weighted by Gasteiger charge is 2.45. The fourth-order valence-corrected chi connectivity index (χ4v) is 6.78. The van der Waals surface area contributed by atoms with Gasteiger partial charge in [-0.05, 0) is 24.6 Å². The normalized spacial score (nSPS) is 20.6. The SMILES string of the molecule is CC(c1ccc(F)cc1)N(C)S(=O)(=O)C1CS(=O)(=O)C1. The van der Waals surface area contributed by atoms with Crippen LogP contribution in [0, 0.1) is 5.82 Å². The van der Waals surface area contributed by atoms with Gasteiger partial charge in [-0.1, -0.05) is 12.1 Å². The summed E-state index contributed by atoms with van der Waals surface area (Å²) in [6.45, 7) is 1.68. The zero-order chi connectivity index (χ0) is 15.1. The molecule has 0 bridgehead atoms. The van der Waals surface area contributed by atoms with E-state index in [9.17, 15) is 21.2 Å². The van der Waals surface area contributed by atoms with Crippen LogP contribution in [0.25, 0.3) is 0 Å². The number of benzene rings is 1. The van der Waals surface area contributed by atoms with Crippen LogP contribution in [0.4, 0.5) is 4.39 Å². The molecule has 1 aromatic rings. The predicted octanol–water partition coefficient (Wildman–Crippen LogP) is 0.945. The molecule has 0 radical (unpaired) electrons. The van der Waals surface area contributed by atoms with Gasteiger partial charge in [0.1, 0.15) is 11.1 Å². The van der Waals surface area contributed by atoms with Crippen molar-refractivity contribution >= 4 is 19.9 Å². The maximum Gasteiger partial charge on any atom is 0.219 e. The fourth-order valence-electron chi connectivity index (χ4n) is 2.10. The summed E-state index contributed by atoms with van der Waals surface area (Å²) in [6.07, 6.45) is 0. The van der Waals surface area contributed by atoms with E-state index in [1.54, 1.807) is 6.92 Å². The first kappa shape index (κ1) is 15.4. The maximum atomic E-state index is 12.9. The molecule has 1 fully saturated rings. The first-order chi connectivity index (χ1) is 9.13. The minimum atomic E-state index is -3.67. The van der Waals surface area contributed by atoms with Crippen molar-refractivity contribution in [2.75, 3.05) is 18.6 Å². The molecule has 0 N–H and O–H groups in total. The Morgan fingerprint density at radius 2 is 1.75 bits per heavy atom. The summed E-state index contributed by atoms with van der Waals surface area (Å²) in [7, 11) is -5.46. The van der Waals surface area contributed by atoms with Crippen molar-refractivity contribution in [1.82, 2.24) is 4.31 Å². The third-order valence-corrected chi connectivity index (χ3v) is 8.14. The van der Waals surface area contributed by atoms with Crippen molar-refractivity contribution < 1.29 is 21.2 Å². The van der Waals surface area contributed by atoms with Crippen LogP contribution in [0.5, 0.6) is 0 Å². The van der Waals surface area contributed by atoms with Gasteiger partial charge in [-0.15, -0.1) is 0 Å². The number of halogens is 1. The summed E-state index contributed by atoms with van der Waals surface area (Å²) in [5, 5.41) is -0.875. The minimum Gasteiger partial charge on any atom is -0.229 e. The average Bonchev–Trinajstić information content (AvgIpc) is 2.35. The minimum absolute atomic E-state index is 0.324. The smallest absolute Gasteiger partial charge is 0.219 e. The van der Waals surface area contributed by atoms with Gasteiger partial charge in [-0.3, -0.25) is 0 Å². The largest absolute Gasteiger partial charge is 0.229 e. The van der Waals surface area contributed by atoms with E-state index < -0.39 is 37.0 Å². The van der Waals surface area contributed by atoms with Gasteiger partial charge < -0.3 is 0 Å². The quantitative estimate of drug-likeness (QED) is 0.827. The Balaban J connectivity index is 2.18. The predicted molar refractivity (Wildman–Crippen MR) is 73.9 cm³/mol. The number of hydrogen-bond donors (Lipinski definition) is 0. The van der Waals surface area contributed by atoms with Crippen LogP contribution < -0.4 is 0 Å². The molecule has 1 aliphatic heterocycles. The van der Waals surface area contributed by atoms with E-state index in [-0.39, 0.29) is 11.5 Å². The van der Waals surface area contributed by atoms with Crippen LogP contribution in [-0.4, -0.2) is 44.9 Å². The third kappa shape index (κ3) is 2.87. The lowest BCUT2D eigenvalue weighted by atomic mass is 10.1. The van der Waals surface area contributed by atoms with E-state index in [0.29, 0.717) is 5.56 Å². The Labute approximate surface area is 118 Å². The molecule has 0 aliphatic carbocycles. The number of sulfonamides is 1. The lowest BCUT2D eigenvalue weighted by molar-refractivity contribution is 0.392.